The second kappa shape index (κ2) is 5.95. The number of fused-ring (bicyclic) bond motifs is 1. The van der Waals surface area contributed by atoms with Crippen molar-refractivity contribution in [2.45, 2.75) is 26.3 Å². The van der Waals surface area contributed by atoms with Crippen LogP contribution in [0.5, 0.6) is 0 Å². The number of carboxylic acid groups (broad SMARTS) is 1. The number of rotatable bonds is 5. The van der Waals surface area contributed by atoms with Crippen molar-refractivity contribution in [3.63, 3.8) is 0 Å². The van der Waals surface area contributed by atoms with Crippen LogP contribution in [0.2, 0.25) is 0 Å². The Morgan fingerprint density at radius 1 is 1.38 bits per heavy atom. The van der Waals surface area contributed by atoms with Crippen LogP contribution in [0.15, 0.2) is 24.4 Å². The summed E-state index contributed by atoms with van der Waals surface area (Å²) in [4.78, 5) is 23.4. The molecule has 0 aliphatic rings. The van der Waals surface area contributed by atoms with E-state index in [0.717, 1.165) is 10.9 Å². The molecule has 0 saturated heterocycles. The molecule has 21 heavy (non-hydrogen) atoms. The van der Waals surface area contributed by atoms with Gasteiger partial charge in [-0.05, 0) is 30.5 Å². The fraction of sp³-hybridized carbons (Fsp3) is 0.400. The molecule has 2 rings (SSSR count). The highest BCUT2D eigenvalue weighted by atomic mass is 16.4. The molecule has 0 aliphatic heterocycles. The highest BCUT2D eigenvalue weighted by molar-refractivity contribution is 5.99. The number of nitrogens with one attached hydrogen (secondary N) is 1. The van der Waals surface area contributed by atoms with Crippen LogP contribution in [0.4, 0.5) is 0 Å². The molecule has 6 heteroatoms. The Kier molecular flexibility index (Phi) is 4.26. The average molecular weight is 289 g/mol. The maximum absolute atomic E-state index is 12.2. The summed E-state index contributed by atoms with van der Waals surface area (Å²) in [6.07, 6.45) is 2.07. The van der Waals surface area contributed by atoms with Gasteiger partial charge in [-0.1, -0.05) is 13.8 Å². The lowest BCUT2D eigenvalue weighted by atomic mass is 10.0. The Morgan fingerprint density at radius 2 is 2.10 bits per heavy atom. The van der Waals surface area contributed by atoms with Crippen molar-refractivity contribution in [3.8, 4) is 0 Å². The molecule has 1 aromatic carbocycles. The number of aliphatic carboxylic acids is 1. The van der Waals surface area contributed by atoms with E-state index in [-0.39, 0.29) is 11.8 Å². The fourth-order valence-corrected chi connectivity index (χ4v) is 2.24. The van der Waals surface area contributed by atoms with Crippen molar-refractivity contribution in [3.05, 3.63) is 30.0 Å². The van der Waals surface area contributed by atoms with Gasteiger partial charge in [0.2, 0.25) is 0 Å². The summed E-state index contributed by atoms with van der Waals surface area (Å²) >= 11 is 0. The van der Waals surface area contributed by atoms with Crippen LogP contribution in [0, 0.1) is 5.92 Å². The van der Waals surface area contributed by atoms with Gasteiger partial charge in [-0.15, -0.1) is 0 Å². The van der Waals surface area contributed by atoms with Gasteiger partial charge in [-0.25, -0.2) is 4.79 Å². The topological polar surface area (TPSA) is 84.2 Å². The van der Waals surface area contributed by atoms with Crippen LogP contribution in [-0.4, -0.2) is 32.8 Å². The predicted molar refractivity (Wildman–Crippen MR) is 79.1 cm³/mol. The lowest BCUT2D eigenvalue weighted by Crippen LogP contribution is -2.41. The molecule has 1 amide bonds. The molecule has 0 fully saturated rings. The molecule has 2 aromatic rings. The van der Waals surface area contributed by atoms with E-state index < -0.39 is 12.0 Å². The number of nitrogens with zero attached hydrogens (tertiary/aromatic N) is 2. The van der Waals surface area contributed by atoms with Crippen molar-refractivity contribution in [1.82, 2.24) is 15.1 Å². The number of carboxylic acids is 1. The molecule has 1 unspecified atom stereocenters. The van der Waals surface area contributed by atoms with Gasteiger partial charge in [0.25, 0.3) is 5.91 Å². The summed E-state index contributed by atoms with van der Waals surface area (Å²) < 4.78 is 1.72. The Labute approximate surface area is 122 Å². The van der Waals surface area contributed by atoms with Crippen LogP contribution < -0.4 is 5.32 Å². The number of hydrogen-bond donors (Lipinski definition) is 2. The van der Waals surface area contributed by atoms with Crippen LogP contribution in [0.25, 0.3) is 10.9 Å². The van der Waals surface area contributed by atoms with E-state index in [1.165, 1.54) is 0 Å². The molecule has 112 valence electrons. The monoisotopic (exact) mass is 289 g/mol. The maximum atomic E-state index is 12.2. The zero-order chi connectivity index (χ0) is 15.6. The van der Waals surface area contributed by atoms with Crippen LogP contribution in [0.1, 0.15) is 30.6 Å². The van der Waals surface area contributed by atoms with Gasteiger partial charge in [-0.3, -0.25) is 9.48 Å². The SMILES string of the molecule is CC(C)CC(NC(=O)c1ccc2c(cnn2C)c1)C(=O)O. The standard InChI is InChI=1S/C15H19N3O3/c1-9(2)6-12(15(20)21)17-14(19)10-4-5-13-11(7-10)8-16-18(13)3/h4-5,7-9,12H,6H2,1-3H3,(H,17,19)(H,20,21). The summed E-state index contributed by atoms with van der Waals surface area (Å²) in [6, 6.07) is 4.32. The molecule has 0 saturated carbocycles. The first-order valence-corrected chi connectivity index (χ1v) is 6.84. The van der Waals surface area contributed by atoms with Crippen LogP contribution >= 0.6 is 0 Å². The predicted octanol–water partition coefficient (Wildman–Crippen LogP) is 1.80. The normalized spacial score (nSPS) is 12.6. The van der Waals surface area contributed by atoms with Gasteiger partial charge >= 0.3 is 5.97 Å². The molecular weight excluding hydrogens is 270 g/mol. The first-order chi connectivity index (χ1) is 9.88. The first kappa shape index (κ1) is 15.0. The minimum absolute atomic E-state index is 0.187. The number of carbonyl (C=O) groups excluding carboxylic acids is 1. The van der Waals surface area contributed by atoms with Crippen molar-refractivity contribution >= 4 is 22.8 Å². The minimum Gasteiger partial charge on any atom is -0.480 e. The van der Waals surface area contributed by atoms with Gasteiger partial charge in [0.05, 0.1) is 11.7 Å². The third-order valence-corrected chi connectivity index (χ3v) is 3.32. The second-order valence-corrected chi connectivity index (χ2v) is 5.54. The van der Waals surface area contributed by atoms with Crippen molar-refractivity contribution < 1.29 is 14.7 Å². The summed E-state index contributed by atoms with van der Waals surface area (Å²) in [7, 11) is 1.82. The molecule has 1 aromatic heterocycles. The highest BCUT2D eigenvalue weighted by Crippen LogP contribution is 2.15. The van der Waals surface area contributed by atoms with Gasteiger partial charge < -0.3 is 10.4 Å². The largest absolute Gasteiger partial charge is 0.480 e. The number of hydrogen-bond acceptors (Lipinski definition) is 3. The third-order valence-electron chi connectivity index (χ3n) is 3.32. The van der Waals surface area contributed by atoms with E-state index in [9.17, 15) is 9.59 Å². The first-order valence-electron chi connectivity index (χ1n) is 6.84. The van der Waals surface area contributed by atoms with Gasteiger partial charge in [0, 0.05) is 18.0 Å². The molecule has 0 aliphatic carbocycles. The Bertz CT molecular complexity index is 676. The Balaban J connectivity index is 2.18. The van der Waals surface area contributed by atoms with E-state index in [1.807, 2.05) is 20.9 Å². The number of carbonyl (C=O) groups is 2. The minimum atomic E-state index is -1.01. The average Bonchev–Trinajstić information content (AvgIpc) is 2.78. The molecule has 0 spiro atoms. The quantitative estimate of drug-likeness (QED) is 0.879. The molecule has 0 bridgehead atoms. The van der Waals surface area contributed by atoms with Gasteiger partial charge in [0.1, 0.15) is 6.04 Å². The summed E-state index contributed by atoms with van der Waals surface area (Å²) in [5, 5.41) is 16.7. The fourth-order valence-electron chi connectivity index (χ4n) is 2.24. The molecular formula is C15H19N3O3. The summed E-state index contributed by atoms with van der Waals surface area (Å²) in [6.45, 7) is 3.84. The molecule has 2 N–H and O–H groups in total. The lowest BCUT2D eigenvalue weighted by Gasteiger charge is -2.16. The van der Waals surface area contributed by atoms with Crippen molar-refractivity contribution in [1.29, 1.82) is 0 Å². The Morgan fingerprint density at radius 3 is 2.71 bits per heavy atom. The zero-order valence-corrected chi connectivity index (χ0v) is 12.3. The molecule has 6 nitrogen and oxygen atoms in total. The van der Waals surface area contributed by atoms with E-state index in [2.05, 4.69) is 10.4 Å². The van der Waals surface area contributed by atoms with E-state index >= 15 is 0 Å². The summed E-state index contributed by atoms with van der Waals surface area (Å²) in [5.41, 5.74) is 1.36. The van der Waals surface area contributed by atoms with Gasteiger partial charge in [-0.2, -0.15) is 5.10 Å². The van der Waals surface area contributed by atoms with Crippen LogP contribution in [-0.2, 0) is 11.8 Å². The number of aryl methyl sites for hydroxylation is 1. The molecule has 0 radical (unpaired) electrons. The van der Waals surface area contributed by atoms with E-state index in [0.29, 0.717) is 12.0 Å². The number of aromatic nitrogens is 2. The van der Waals surface area contributed by atoms with E-state index in [4.69, 9.17) is 5.11 Å². The van der Waals surface area contributed by atoms with Crippen LogP contribution in [0.3, 0.4) is 0 Å². The summed E-state index contributed by atoms with van der Waals surface area (Å²) in [5.74, 6) is -1.21. The van der Waals surface area contributed by atoms with Crippen molar-refractivity contribution in [2.24, 2.45) is 13.0 Å². The Hall–Kier alpha value is -2.37. The number of amides is 1. The smallest absolute Gasteiger partial charge is 0.326 e. The lowest BCUT2D eigenvalue weighted by molar-refractivity contribution is -0.139. The third kappa shape index (κ3) is 3.39. The van der Waals surface area contributed by atoms with E-state index in [1.54, 1.807) is 29.1 Å². The highest BCUT2D eigenvalue weighted by Gasteiger charge is 2.21. The van der Waals surface area contributed by atoms with Crippen molar-refractivity contribution in [2.75, 3.05) is 0 Å². The second-order valence-electron chi connectivity index (χ2n) is 5.54. The molecule has 1 heterocycles. The molecule has 1 atom stereocenters. The number of benzene rings is 1. The maximum Gasteiger partial charge on any atom is 0.326 e. The van der Waals surface area contributed by atoms with Gasteiger partial charge in [0.15, 0.2) is 0 Å². The zero-order valence-electron chi connectivity index (χ0n) is 12.3.